The standard InChI is InChI=1S/C9H6FNO6/c10-6-2-5(8(13)9(14)15)7(11(16)17)1-4(6)3-12/h1-3,8,13H,(H,14,15). The lowest BCUT2D eigenvalue weighted by Crippen LogP contribution is -2.13. The molecular formula is C9H6FNO6. The van der Waals surface area contributed by atoms with Gasteiger partial charge in [0.2, 0.25) is 0 Å². The van der Waals surface area contributed by atoms with Crippen molar-refractivity contribution >= 4 is 17.9 Å². The highest BCUT2D eigenvalue weighted by Crippen LogP contribution is 2.27. The number of carboxylic acid groups (broad SMARTS) is 1. The first kappa shape index (κ1) is 12.7. The molecule has 0 bridgehead atoms. The third-order valence-corrected chi connectivity index (χ3v) is 2.00. The van der Waals surface area contributed by atoms with E-state index in [1.54, 1.807) is 0 Å². The third-order valence-electron chi connectivity index (χ3n) is 2.00. The maximum absolute atomic E-state index is 13.2. The smallest absolute Gasteiger partial charge is 0.337 e. The van der Waals surface area contributed by atoms with Crippen LogP contribution in [0.25, 0.3) is 0 Å². The predicted molar refractivity (Wildman–Crippen MR) is 51.0 cm³/mol. The van der Waals surface area contributed by atoms with E-state index < -0.39 is 39.6 Å². The van der Waals surface area contributed by atoms with E-state index in [1.165, 1.54) is 0 Å². The Morgan fingerprint density at radius 2 is 2.12 bits per heavy atom. The molecule has 2 N–H and O–H groups in total. The summed E-state index contributed by atoms with van der Waals surface area (Å²) in [6.07, 6.45) is -2.18. The van der Waals surface area contributed by atoms with E-state index in [9.17, 15) is 24.1 Å². The van der Waals surface area contributed by atoms with Crippen molar-refractivity contribution in [3.8, 4) is 0 Å². The second-order valence-corrected chi connectivity index (χ2v) is 3.05. The van der Waals surface area contributed by atoms with Gasteiger partial charge in [0, 0.05) is 6.07 Å². The van der Waals surface area contributed by atoms with Crippen LogP contribution in [0.4, 0.5) is 10.1 Å². The number of hydrogen-bond acceptors (Lipinski definition) is 5. The fourth-order valence-corrected chi connectivity index (χ4v) is 1.19. The van der Waals surface area contributed by atoms with Crippen LogP contribution >= 0.6 is 0 Å². The number of aliphatic hydroxyl groups is 1. The molecule has 0 aliphatic rings. The molecule has 0 aliphatic heterocycles. The number of nitro benzene ring substituents is 1. The van der Waals surface area contributed by atoms with Crippen LogP contribution in [-0.4, -0.2) is 27.4 Å². The van der Waals surface area contributed by atoms with Crippen LogP contribution in [0.15, 0.2) is 12.1 Å². The Hall–Kier alpha value is -2.35. The summed E-state index contributed by atoms with van der Waals surface area (Å²) in [4.78, 5) is 30.4. The van der Waals surface area contributed by atoms with Crippen molar-refractivity contribution < 1.29 is 29.1 Å². The molecule has 1 aromatic rings. The second-order valence-electron chi connectivity index (χ2n) is 3.05. The molecule has 0 spiro atoms. The summed E-state index contributed by atoms with van der Waals surface area (Å²) in [5, 5.41) is 28.2. The Morgan fingerprint density at radius 1 is 1.53 bits per heavy atom. The van der Waals surface area contributed by atoms with Crippen molar-refractivity contribution in [2.75, 3.05) is 0 Å². The summed E-state index contributed by atoms with van der Waals surface area (Å²) < 4.78 is 13.2. The fourth-order valence-electron chi connectivity index (χ4n) is 1.19. The van der Waals surface area contributed by atoms with Gasteiger partial charge in [0.1, 0.15) is 5.82 Å². The topological polar surface area (TPSA) is 118 Å². The molecule has 1 rings (SSSR count). The van der Waals surface area contributed by atoms with Crippen LogP contribution in [0.5, 0.6) is 0 Å². The first-order chi connectivity index (χ1) is 7.88. The number of rotatable bonds is 4. The van der Waals surface area contributed by atoms with Crippen LogP contribution in [-0.2, 0) is 4.79 Å². The Balaban J connectivity index is 3.48. The number of carboxylic acids is 1. The maximum atomic E-state index is 13.2. The number of nitro groups is 1. The normalized spacial score (nSPS) is 11.9. The van der Waals surface area contributed by atoms with Gasteiger partial charge in [-0.3, -0.25) is 14.9 Å². The quantitative estimate of drug-likeness (QED) is 0.455. The minimum Gasteiger partial charge on any atom is -0.479 e. The SMILES string of the molecule is O=Cc1cc([N+](=O)[O-])c(C(O)C(=O)O)cc1F. The molecule has 0 fully saturated rings. The Bertz CT molecular complexity index is 501. The Morgan fingerprint density at radius 3 is 2.53 bits per heavy atom. The number of carbonyl (C=O) groups excluding carboxylic acids is 1. The lowest BCUT2D eigenvalue weighted by Gasteiger charge is -2.07. The molecule has 1 aromatic carbocycles. The van der Waals surface area contributed by atoms with Crippen molar-refractivity contribution in [3.05, 3.63) is 39.2 Å². The number of nitrogens with zero attached hydrogens (tertiary/aromatic N) is 1. The molecule has 0 aliphatic carbocycles. The number of benzene rings is 1. The highest BCUT2D eigenvalue weighted by atomic mass is 19.1. The van der Waals surface area contributed by atoms with Gasteiger partial charge in [-0.25, -0.2) is 9.18 Å². The summed E-state index contributed by atoms with van der Waals surface area (Å²) in [5.41, 5.74) is -2.13. The van der Waals surface area contributed by atoms with Gasteiger partial charge in [-0.1, -0.05) is 0 Å². The van der Waals surface area contributed by atoms with Gasteiger partial charge < -0.3 is 10.2 Å². The minimum absolute atomic E-state index is 0.0548. The van der Waals surface area contributed by atoms with E-state index in [0.29, 0.717) is 12.1 Å². The van der Waals surface area contributed by atoms with Crippen LogP contribution in [0, 0.1) is 15.9 Å². The monoisotopic (exact) mass is 243 g/mol. The Kier molecular flexibility index (Phi) is 3.49. The number of hydrogen-bond donors (Lipinski definition) is 2. The van der Waals surface area contributed by atoms with E-state index in [1.807, 2.05) is 0 Å². The highest BCUT2D eigenvalue weighted by molar-refractivity contribution is 5.80. The van der Waals surface area contributed by atoms with Crippen LogP contribution in [0.1, 0.15) is 22.0 Å². The Labute approximate surface area is 93.3 Å². The molecule has 0 saturated carbocycles. The second kappa shape index (κ2) is 4.66. The van der Waals surface area contributed by atoms with Gasteiger partial charge in [0.25, 0.3) is 5.69 Å². The van der Waals surface area contributed by atoms with Crippen molar-refractivity contribution in [3.63, 3.8) is 0 Å². The summed E-state index contributed by atoms with van der Waals surface area (Å²) in [5.74, 6) is -2.90. The zero-order valence-electron chi connectivity index (χ0n) is 8.16. The maximum Gasteiger partial charge on any atom is 0.337 e. The molecule has 1 atom stereocenters. The first-order valence-corrected chi connectivity index (χ1v) is 4.22. The molecule has 0 heterocycles. The number of aliphatic hydroxyl groups excluding tert-OH is 1. The molecule has 0 aromatic heterocycles. The van der Waals surface area contributed by atoms with Gasteiger partial charge in [-0.05, 0) is 6.07 Å². The average molecular weight is 243 g/mol. The summed E-state index contributed by atoms with van der Waals surface area (Å²) in [6.45, 7) is 0. The van der Waals surface area contributed by atoms with E-state index in [2.05, 4.69) is 0 Å². The number of carbonyl (C=O) groups is 2. The van der Waals surface area contributed by atoms with E-state index in [4.69, 9.17) is 10.2 Å². The lowest BCUT2D eigenvalue weighted by molar-refractivity contribution is -0.386. The number of aldehydes is 1. The van der Waals surface area contributed by atoms with Crippen molar-refractivity contribution in [1.29, 1.82) is 0 Å². The summed E-state index contributed by atoms with van der Waals surface area (Å²) in [7, 11) is 0. The molecule has 17 heavy (non-hydrogen) atoms. The highest BCUT2D eigenvalue weighted by Gasteiger charge is 2.27. The number of aliphatic carboxylic acids is 1. The molecule has 1 unspecified atom stereocenters. The minimum atomic E-state index is -2.23. The fraction of sp³-hybridized carbons (Fsp3) is 0.111. The van der Waals surface area contributed by atoms with Gasteiger partial charge in [0.05, 0.1) is 16.1 Å². The van der Waals surface area contributed by atoms with Crippen molar-refractivity contribution in [1.82, 2.24) is 0 Å². The molecule has 0 saturated heterocycles. The predicted octanol–water partition coefficient (Wildman–Crippen LogP) is 0.664. The zero-order valence-corrected chi connectivity index (χ0v) is 8.16. The van der Waals surface area contributed by atoms with Crippen LogP contribution < -0.4 is 0 Å². The van der Waals surface area contributed by atoms with Gasteiger partial charge in [-0.15, -0.1) is 0 Å². The average Bonchev–Trinajstić information content (AvgIpc) is 2.27. The summed E-state index contributed by atoms with van der Waals surface area (Å²) in [6, 6.07) is 1.03. The number of halogens is 1. The zero-order chi connectivity index (χ0) is 13.2. The molecular weight excluding hydrogens is 237 g/mol. The van der Waals surface area contributed by atoms with Crippen molar-refractivity contribution in [2.24, 2.45) is 0 Å². The molecule has 90 valence electrons. The van der Waals surface area contributed by atoms with Gasteiger partial charge in [-0.2, -0.15) is 0 Å². The van der Waals surface area contributed by atoms with Gasteiger partial charge >= 0.3 is 5.97 Å². The van der Waals surface area contributed by atoms with Crippen LogP contribution in [0.3, 0.4) is 0 Å². The molecule has 7 nitrogen and oxygen atoms in total. The van der Waals surface area contributed by atoms with Crippen molar-refractivity contribution in [2.45, 2.75) is 6.10 Å². The largest absolute Gasteiger partial charge is 0.479 e. The molecule has 0 radical (unpaired) electrons. The van der Waals surface area contributed by atoms with Crippen LogP contribution in [0.2, 0.25) is 0 Å². The van der Waals surface area contributed by atoms with E-state index >= 15 is 0 Å². The molecule has 0 amide bonds. The summed E-state index contributed by atoms with van der Waals surface area (Å²) >= 11 is 0. The first-order valence-electron chi connectivity index (χ1n) is 4.22. The van der Waals surface area contributed by atoms with Gasteiger partial charge in [0.15, 0.2) is 12.4 Å². The third kappa shape index (κ3) is 2.42. The lowest BCUT2D eigenvalue weighted by atomic mass is 10.0. The molecule has 8 heteroatoms. The van der Waals surface area contributed by atoms with E-state index in [0.717, 1.165) is 0 Å². The van der Waals surface area contributed by atoms with E-state index in [-0.39, 0.29) is 6.29 Å².